The summed E-state index contributed by atoms with van der Waals surface area (Å²) in [6.07, 6.45) is 4.20. The summed E-state index contributed by atoms with van der Waals surface area (Å²) in [5, 5.41) is 0. The van der Waals surface area contributed by atoms with Crippen molar-refractivity contribution < 1.29 is 22.7 Å². The van der Waals surface area contributed by atoms with E-state index >= 15 is 0 Å². The second-order valence-corrected chi connectivity index (χ2v) is 7.80. The number of nitrogens with one attached hydrogen (secondary N) is 1. The van der Waals surface area contributed by atoms with E-state index in [0.29, 0.717) is 12.3 Å². The smallest absolute Gasteiger partial charge is 0.244 e. The quantitative estimate of drug-likeness (QED) is 0.754. The van der Waals surface area contributed by atoms with Crippen molar-refractivity contribution in [3.8, 4) is 11.5 Å². The Bertz CT molecular complexity index is 699. The fraction of sp³-hybridized carbons (Fsp3) is 0.588. The van der Waals surface area contributed by atoms with Crippen LogP contribution in [-0.4, -0.2) is 52.6 Å². The van der Waals surface area contributed by atoms with E-state index in [1.165, 1.54) is 33.3 Å². The number of methoxy groups -OCH3 is 2. The number of hydrogen-bond donors (Lipinski definition) is 1. The molecule has 0 unspecified atom stereocenters. The highest BCUT2D eigenvalue weighted by atomic mass is 32.2. The van der Waals surface area contributed by atoms with Crippen molar-refractivity contribution in [2.45, 2.75) is 43.5 Å². The van der Waals surface area contributed by atoms with Gasteiger partial charge >= 0.3 is 0 Å². The van der Waals surface area contributed by atoms with Crippen LogP contribution >= 0.6 is 0 Å². The number of amides is 1. The van der Waals surface area contributed by atoms with Gasteiger partial charge in [0.2, 0.25) is 15.9 Å². The molecule has 0 spiro atoms. The summed E-state index contributed by atoms with van der Waals surface area (Å²) in [6.45, 7) is 2.05. The second-order valence-electron chi connectivity index (χ2n) is 6.07. The van der Waals surface area contributed by atoms with E-state index < -0.39 is 10.0 Å². The zero-order valence-electron chi connectivity index (χ0n) is 14.9. The van der Waals surface area contributed by atoms with Gasteiger partial charge in [0.1, 0.15) is 16.4 Å². The lowest BCUT2D eigenvalue weighted by molar-refractivity contribution is -0.130. The van der Waals surface area contributed by atoms with Crippen LogP contribution in [0.1, 0.15) is 32.6 Å². The van der Waals surface area contributed by atoms with Gasteiger partial charge < -0.3 is 14.4 Å². The van der Waals surface area contributed by atoms with Gasteiger partial charge in [-0.2, -0.15) is 0 Å². The minimum absolute atomic E-state index is 0.0203. The normalized spacial score (nSPS) is 15.2. The van der Waals surface area contributed by atoms with Gasteiger partial charge in [-0.15, -0.1) is 0 Å². The minimum atomic E-state index is -3.74. The highest BCUT2D eigenvalue weighted by Crippen LogP contribution is 2.28. The fourth-order valence-corrected chi connectivity index (χ4v) is 4.36. The molecular formula is C17H26N2O5S. The number of benzene rings is 1. The molecule has 0 aromatic heterocycles. The Morgan fingerprint density at radius 2 is 1.92 bits per heavy atom. The molecule has 1 saturated carbocycles. The molecule has 0 aliphatic heterocycles. The van der Waals surface area contributed by atoms with Crippen LogP contribution in [0, 0.1) is 0 Å². The molecule has 1 fully saturated rings. The highest BCUT2D eigenvalue weighted by molar-refractivity contribution is 7.89. The lowest BCUT2D eigenvalue weighted by Crippen LogP contribution is -2.42. The molecule has 140 valence electrons. The average molecular weight is 370 g/mol. The first kappa shape index (κ1) is 19.5. The molecule has 0 saturated heterocycles. The van der Waals surface area contributed by atoms with Gasteiger partial charge in [-0.1, -0.05) is 12.8 Å². The van der Waals surface area contributed by atoms with Crippen LogP contribution in [0.25, 0.3) is 0 Å². The van der Waals surface area contributed by atoms with Crippen molar-refractivity contribution in [1.29, 1.82) is 0 Å². The Morgan fingerprint density at radius 3 is 2.48 bits per heavy atom. The zero-order valence-corrected chi connectivity index (χ0v) is 15.8. The summed E-state index contributed by atoms with van der Waals surface area (Å²) in [6, 6.07) is 4.75. The van der Waals surface area contributed by atoms with Crippen LogP contribution < -0.4 is 14.2 Å². The molecule has 1 amide bonds. The van der Waals surface area contributed by atoms with Crippen LogP contribution in [0.2, 0.25) is 0 Å². The number of sulfonamides is 1. The van der Waals surface area contributed by atoms with E-state index in [9.17, 15) is 13.2 Å². The number of carbonyl (C=O) groups is 1. The largest absolute Gasteiger partial charge is 0.497 e. The Balaban J connectivity index is 2.04. The molecule has 0 heterocycles. The predicted octanol–water partition coefficient (Wildman–Crippen LogP) is 1.77. The molecule has 1 aliphatic carbocycles. The standard InChI is InChI=1S/C17H26N2O5S/c1-13(20)19(14-6-4-5-7-14)11-10-18-25(21,22)17-9-8-15(23-2)12-16(17)24-3/h8-9,12,14,18H,4-7,10-11H2,1-3H3. The lowest BCUT2D eigenvalue weighted by atomic mass is 10.2. The zero-order chi connectivity index (χ0) is 18.4. The molecule has 1 N–H and O–H groups in total. The monoisotopic (exact) mass is 370 g/mol. The first-order valence-corrected chi connectivity index (χ1v) is 9.86. The van der Waals surface area contributed by atoms with Crippen molar-refractivity contribution in [3.05, 3.63) is 18.2 Å². The molecule has 0 atom stereocenters. The Labute approximate surface area is 149 Å². The summed E-state index contributed by atoms with van der Waals surface area (Å²) in [5.74, 6) is 0.707. The molecule has 1 aromatic rings. The maximum absolute atomic E-state index is 12.5. The summed E-state index contributed by atoms with van der Waals surface area (Å²) >= 11 is 0. The number of hydrogen-bond acceptors (Lipinski definition) is 5. The summed E-state index contributed by atoms with van der Waals surface area (Å²) < 4.78 is 37.9. The highest BCUT2D eigenvalue weighted by Gasteiger charge is 2.25. The molecule has 0 bridgehead atoms. The van der Waals surface area contributed by atoms with Crippen molar-refractivity contribution in [3.63, 3.8) is 0 Å². The topological polar surface area (TPSA) is 84.9 Å². The van der Waals surface area contributed by atoms with E-state index in [2.05, 4.69) is 4.72 Å². The third-order valence-corrected chi connectivity index (χ3v) is 5.98. The molecule has 8 heteroatoms. The van der Waals surface area contributed by atoms with Gasteiger partial charge in [-0.05, 0) is 25.0 Å². The van der Waals surface area contributed by atoms with Crippen molar-refractivity contribution in [2.75, 3.05) is 27.3 Å². The number of ether oxygens (including phenoxy) is 2. The number of nitrogens with zero attached hydrogens (tertiary/aromatic N) is 1. The maximum atomic E-state index is 12.5. The Kier molecular flexibility index (Phi) is 6.66. The average Bonchev–Trinajstić information content (AvgIpc) is 3.11. The molecular weight excluding hydrogens is 344 g/mol. The Hall–Kier alpha value is -1.80. The fourth-order valence-electron chi connectivity index (χ4n) is 3.19. The molecule has 1 aliphatic rings. The van der Waals surface area contributed by atoms with Gasteiger partial charge in [0, 0.05) is 32.1 Å². The van der Waals surface area contributed by atoms with Crippen molar-refractivity contribution in [1.82, 2.24) is 9.62 Å². The van der Waals surface area contributed by atoms with E-state index in [4.69, 9.17) is 9.47 Å². The summed E-state index contributed by atoms with van der Waals surface area (Å²) in [4.78, 5) is 13.7. The van der Waals surface area contributed by atoms with Crippen LogP contribution in [-0.2, 0) is 14.8 Å². The summed E-state index contributed by atoms with van der Waals surface area (Å²) in [7, 11) is -0.833. The second kappa shape index (κ2) is 8.53. The van der Waals surface area contributed by atoms with Gasteiger partial charge in [0.15, 0.2) is 0 Å². The number of rotatable bonds is 8. The molecule has 2 rings (SSSR count). The third-order valence-electron chi connectivity index (χ3n) is 4.48. The van der Waals surface area contributed by atoms with Crippen LogP contribution in [0.15, 0.2) is 23.1 Å². The van der Waals surface area contributed by atoms with E-state index in [1.54, 1.807) is 11.0 Å². The van der Waals surface area contributed by atoms with Gasteiger partial charge in [0.05, 0.1) is 14.2 Å². The van der Waals surface area contributed by atoms with Crippen LogP contribution in [0.4, 0.5) is 0 Å². The lowest BCUT2D eigenvalue weighted by Gasteiger charge is -2.28. The summed E-state index contributed by atoms with van der Waals surface area (Å²) in [5.41, 5.74) is 0. The van der Waals surface area contributed by atoms with Gasteiger partial charge in [-0.25, -0.2) is 13.1 Å². The van der Waals surface area contributed by atoms with E-state index in [0.717, 1.165) is 25.7 Å². The third kappa shape index (κ3) is 4.85. The van der Waals surface area contributed by atoms with E-state index in [-0.39, 0.29) is 29.1 Å². The van der Waals surface area contributed by atoms with Gasteiger partial charge in [-0.3, -0.25) is 4.79 Å². The van der Waals surface area contributed by atoms with Crippen molar-refractivity contribution in [2.24, 2.45) is 0 Å². The van der Waals surface area contributed by atoms with E-state index in [1.807, 2.05) is 0 Å². The van der Waals surface area contributed by atoms with Gasteiger partial charge in [0.25, 0.3) is 0 Å². The molecule has 7 nitrogen and oxygen atoms in total. The molecule has 0 radical (unpaired) electrons. The predicted molar refractivity (Wildman–Crippen MR) is 94.4 cm³/mol. The SMILES string of the molecule is COc1ccc(S(=O)(=O)NCCN(C(C)=O)C2CCCC2)c(OC)c1. The molecule has 25 heavy (non-hydrogen) atoms. The van der Waals surface area contributed by atoms with Crippen molar-refractivity contribution >= 4 is 15.9 Å². The van der Waals surface area contributed by atoms with Crippen LogP contribution in [0.3, 0.4) is 0 Å². The minimum Gasteiger partial charge on any atom is -0.497 e. The molecule has 1 aromatic carbocycles. The van der Waals surface area contributed by atoms with Crippen LogP contribution in [0.5, 0.6) is 11.5 Å². The maximum Gasteiger partial charge on any atom is 0.244 e. The first-order chi connectivity index (χ1) is 11.9. The first-order valence-electron chi connectivity index (χ1n) is 8.38. The Morgan fingerprint density at radius 1 is 1.24 bits per heavy atom. The number of carbonyl (C=O) groups excluding carboxylic acids is 1.